The van der Waals surface area contributed by atoms with Gasteiger partial charge in [-0.3, -0.25) is 0 Å². The number of nitrogens with zero attached hydrogens (tertiary/aromatic N) is 2. The van der Waals surface area contributed by atoms with E-state index >= 15 is 0 Å². The SMILES string of the molecule is COCc1nccc(CN)n1. The molecule has 1 heterocycles. The second-order valence-electron chi connectivity index (χ2n) is 2.10. The molecule has 0 unspecified atom stereocenters. The van der Waals surface area contributed by atoms with Gasteiger partial charge in [0.15, 0.2) is 5.82 Å². The highest BCUT2D eigenvalue weighted by molar-refractivity contribution is 5.00. The lowest BCUT2D eigenvalue weighted by Crippen LogP contribution is -2.04. The number of nitrogens with two attached hydrogens (primary N) is 1. The maximum atomic E-state index is 5.38. The normalized spacial score (nSPS) is 10.0. The van der Waals surface area contributed by atoms with E-state index < -0.39 is 0 Å². The molecule has 4 heteroatoms. The average Bonchev–Trinajstić information content (AvgIpc) is 2.06. The fraction of sp³-hybridized carbons (Fsp3) is 0.429. The number of aromatic nitrogens is 2. The van der Waals surface area contributed by atoms with Crippen molar-refractivity contribution in [3.8, 4) is 0 Å². The minimum Gasteiger partial charge on any atom is -0.377 e. The molecular formula is C7H11N3O. The number of methoxy groups -OCH3 is 1. The van der Waals surface area contributed by atoms with Crippen LogP contribution in [0.3, 0.4) is 0 Å². The molecule has 0 spiro atoms. The fourth-order valence-corrected chi connectivity index (χ4v) is 0.754. The molecule has 0 saturated carbocycles. The zero-order chi connectivity index (χ0) is 8.10. The minimum absolute atomic E-state index is 0.438. The van der Waals surface area contributed by atoms with Crippen LogP contribution in [0.1, 0.15) is 11.5 Å². The van der Waals surface area contributed by atoms with E-state index in [1.165, 1.54) is 0 Å². The lowest BCUT2D eigenvalue weighted by Gasteiger charge is -1.99. The second-order valence-corrected chi connectivity index (χ2v) is 2.10. The van der Waals surface area contributed by atoms with E-state index in [9.17, 15) is 0 Å². The van der Waals surface area contributed by atoms with Crippen LogP contribution in [0.15, 0.2) is 12.3 Å². The van der Waals surface area contributed by atoms with Crippen LogP contribution in [0.25, 0.3) is 0 Å². The van der Waals surface area contributed by atoms with Crippen LogP contribution in [0, 0.1) is 0 Å². The first-order chi connectivity index (χ1) is 5.36. The van der Waals surface area contributed by atoms with Crippen LogP contribution in [0.4, 0.5) is 0 Å². The van der Waals surface area contributed by atoms with Crippen molar-refractivity contribution in [2.24, 2.45) is 5.73 Å². The molecule has 1 aromatic heterocycles. The summed E-state index contributed by atoms with van der Waals surface area (Å²) < 4.78 is 4.86. The maximum Gasteiger partial charge on any atom is 0.154 e. The van der Waals surface area contributed by atoms with Gasteiger partial charge in [-0.15, -0.1) is 0 Å². The van der Waals surface area contributed by atoms with Gasteiger partial charge < -0.3 is 10.5 Å². The maximum absolute atomic E-state index is 5.38. The summed E-state index contributed by atoms with van der Waals surface area (Å²) in [6.45, 7) is 0.882. The summed E-state index contributed by atoms with van der Waals surface area (Å²) in [4.78, 5) is 8.11. The van der Waals surface area contributed by atoms with E-state index in [1.807, 2.05) is 0 Å². The summed E-state index contributed by atoms with van der Waals surface area (Å²) in [5.41, 5.74) is 6.22. The molecule has 0 saturated heterocycles. The number of hydrogen-bond donors (Lipinski definition) is 1. The Balaban J connectivity index is 2.74. The zero-order valence-corrected chi connectivity index (χ0v) is 6.45. The molecule has 0 aromatic carbocycles. The number of rotatable bonds is 3. The molecule has 0 aliphatic heterocycles. The summed E-state index contributed by atoms with van der Waals surface area (Å²) in [5.74, 6) is 0.676. The molecule has 1 rings (SSSR count). The third-order valence-electron chi connectivity index (χ3n) is 1.25. The van der Waals surface area contributed by atoms with Crippen molar-refractivity contribution in [1.29, 1.82) is 0 Å². The van der Waals surface area contributed by atoms with Crippen LogP contribution in [0.5, 0.6) is 0 Å². The van der Waals surface area contributed by atoms with Gasteiger partial charge in [0, 0.05) is 19.9 Å². The van der Waals surface area contributed by atoms with E-state index in [2.05, 4.69) is 9.97 Å². The summed E-state index contributed by atoms with van der Waals surface area (Å²) in [7, 11) is 1.61. The third kappa shape index (κ3) is 2.25. The monoisotopic (exact) mass is 153 g/mol. The van der Waals surface area contributed by atoms with Gasteiger partial charge in [-0.05, 0) is 6.07 Å². The predicted molar refractivity (Wildman–Crippen MR) is 40.6 cm³/mol. The lowest BCUT2D eigenvalue weighted by atomic mass is 10.4. The largest absolute Gasteiger partial charge is 0.377 e. The minimum atomic E-state index is 0.438. The van der Waals surface area contributed by atoms with Gasteiger partial charge in [0.25, 0.3) is 0 Å². The van der Waals surface area contributed by atoms with Crippen molar-refractivity contribution in [2.75, 3.05) is 7.11 Å². The molecule has 0 aliphatic rings. The Morgan fingerprint density at radius 2 is 2.45 bits per heavy atom. The Hall–Kier alpha value is -1.00. The topological polar surface area (TPSA) is 61.0 Å². The van der Waals surface area contributed by atoms with Crippen molar-refractivity contribution < 1.29 is 4.74 Å². The van der Waals surface area contributed by atoms with E-state index in [1.54, 1.807) is 19.4 Å². The Morgan fingerprint density at radius 3 is 3.09 bits per heavy atom. The first-order valence-electron chi connectivity index (χ1n) is 3.36. The van der Waals surface area contributed by atoms with E-state index in [0.717, 1.165) is 5.69 Å². The highest BCUT2D eigenvalue weighted by atomic mass is 16.5. The van der Waals surface area contributed by atoms with E-state index in [0.29, 0.717) is 19.0 Å². The Morgan fingerprint density at radius 1 is 1.64 bits per heavy atom. The van der Waals surface area contributed by atoms with Crippen molar-refractivity contribution in [3.05, 3.63) is 23.8 Å². The Labute approximate surface area is 65.4 Å². The first-order valence-corrected chi connectivity index (χ1v) is 3.36. The molecule has 60 valence electrons. The summed E-state index contributed by atoms with van der Waals surface area (Å²) >= 11 is 0. The lowest BCUT2D eigenvalue weighted by molar-refractivity contribution is 0.177. The second kappa shape index (κ2) is 4.00. The summed E-state index contributed by atoms with van der Waals surface area (Å²) in [5, 5.41) is 0. The smallest absolute Gasteiger partial charge is 0.154 e. The molecule has 4 nitrogen and oxygen atoms in total. The average molecular weight is 153 g/mol. The van der Waals surface area contributed by atoms with Crippen LogP contribution < -0.4 is 5.73 Å². The van der Waals surface area contributed by atoms with Gasteiger partial charge in [0.1, 0.15) is 6.61 Å². The first kappa shape index (κ1) is 8.10. The predicted octanol–water partition coefficient (Wildman–Crippen LogP) is 0.0817. The molecule has 0 amide bonds. The molecule has 2 N–H and O–H groups in total. The van der Waals surface area contributed by atoms with Gasteiger partial charge in [-0.2, -0.15) is 0 Å². The molecular weight excluding hydrogens is 142 g/mol. The van der Waals surface area contributed by atoms with Crippen LogP contribution in [0.2, 0.25) is 0 Å². The highest BCUT2D eigenvalue weighted by Crippen LogP contribution is 1.94. The molecule has 1 aromatic rings. The van der Waals surface area contributed by atoms with Crippen molar-refractivity contribution in [2.45, 2.75) is 13.2 Å². The zero-order valence-electron chi connectivity index (χ0n) is 6.45. The molecule has 11 heavy (non-hydrogen) atoms. The molecule has 0 fully saturated rings. The standard InChI is InChI=1S/C7H11N3O/c1-11-5-7-9-3-2-6(4-8)10-7/h2-3H,4-5,8H2,1H3. The Kier molecular flexibility index (Phi) is 2.95. The Bertz CT molecular complexity index is 227. The van der Waals surface area contributed by atoms with Crippen molar-refractivity contribution >= 4 is 0 Å². The summed E-state index contributed by atoms with van der Waals surface area (Å²) in [6, 6.07) is 1.79. The van der Waals surface area contributed by atoms with Crippen molar-refractivity contribution in [1.82, 2.24) is 9.97 Å². The molecule has 0 atom stereocenters. The van der Waals surface area contributed by atoms with Gasteiger partial charge in [0.05, 0.1) is 5.69 Å². The number of hydrogen-bond acceptors (Lipinski definition) is 4. The number of ether oxygens (including phenoxy) is 1. The highest BCUT2D eigenvalue weighted by Gasteiger charge is 1.95. The molecule has 0 radical (unpaired) electrons. The fourth-order valence-electron chi connectivity index (χ4n) is 0.754. The van der Waals surface area contributed by atoms with Crippen LogP contribution >= 0.6 is 0 Å². The quantitative estimate of drug-likeness (QED) is 0.668. The third-order valence-corrected chi connectivity index (χ3v) is 1.25. The van der Waals surface area contributed by atoms with Crippen LogP contribution in [-0.2, 0) is 17.9 Å². The van der Waals surface area contributed by atoms with Gasteiger partial charge in [-0.1, -0.05) is 0 Å². The van der Waals surface area contributed by atoms with Crippen LogP contribution in [-0.4, -0.2) is 17.1 Å². The van der Waals surface area contributed by atoms with Gasteiger partial charge in [-0.25, -0.2) is 9.97 Å². The van der Waals surface area contributed by atoms with E-state index in [-0.39, 0.29) is 0 Å². The van der Waals surface area contributed by atoms with Gasteiger partial charge >= 0.3 is 0 Å². The molecule has 0 bridgehead atoms. The van der Waals surface area contributed by atoms with Crippen molar-refractivity contribution in [3.63, 3.8) is 0 Å². The summed E-state index contributed by atoms with van der Waals surface area (Å²) in [6.07, 6.45) is 1.68. The molecule has 0 aliphatic carbocycles. The van der Waals surface area contributed by atoms with E-state index in [4.69, 9.17) is 10.5 Å². The van der Waals surface area contributed by atoms with Gasteiger partial charge in [0.2, 0.25) is 0 Å².